The molecule has 2 amide bonds. The zero-order chi connectivity index (χ0) is 17.6. The average Bonchev–Trinajstić information content (AvgIpc) is 2.61. The molecular weight excluding hydrogens is 312 g/mol. The lowest BCUT2D eigenvalue weighted by atomic mass is 9.86. The van der Waals surface area contributed by atoms with Crippen LogP contribution in [0.15, 0.2) is 23.2 Å². The van der Waals surface area contributed by atoms with Gasteiger partial charge in [-0.25, -0.2) is 4.99 Å². The Morgan fingerprint density at radius 3 is 2.80 bits per heavy atom. The third-order valence-corrected chi connectivity index (χ3v) is 5.40. The Balaban J connectivity index is 1.44. The fourth-order valence-electron chi connectivity index (χ4n) is 3.85. The van der Waals surface area contributed by atoms with Crippen LogP contribution in [-0.4, -0.2) is 18.4 Å². The van der Waals surface area contributed by atoms with E-state index >= 15 is 0 Å². The second-order valence-electron chi connectivity index (χ2n) is 7.47. The van der Waals surface area contributed by atoms with Crippen LogP contribution in [-0.2, 0) is 9.59 Å². The average molecular weight is 340 g/mol. The number of amides is 2. The third-order valence-electron chi connectivity index (χ3n) is 5.40. The number of hydrogen-bond donors (Lipinski definition) is 1. The van der Waals surface area contributed by atoms with Crippen molar-refractivity contribution in [1.29, 1.82) is 0 Å². The van der Waals surface area contributed by atoms with E-state index in [9.17, 15) is 9.59 Å². The van der Waals surface area contributed by atoms with Crippen molar-refractivity contribution in [2.75, 3.05) is 6.54 Å². The standard InChI is InChI=1S/C21H28N2O2/c1-15-7-9-17-14-18(21(25)23-19(17)13-15)11-12-22-20(24)10-8-16-5-3-2-4-6-16/h7,9,13-14,16,18H,2-6,8,10-12H2,1H3,(H,22,24). The Morgan fingerprint density at radius 2 is 2.00 bits per heavy atom. The minimum absolute atomic E-state index is 0.102. The van der Waals surface area contributed by atoms with Gasteiger partial charge in [0.25, 0.3) is 5.91 Å². The molecule has 1 heterocycles. The van der Waals surface area contributed by atoms with Crippen LogP contribution in [0.2, 0.25) is 0 Å². The zero-order valence-corrected chi connectivity index (χ0v) is 15.1. The highest BCUT2D eigenvalue weighted by Crippen LogP contribution is 2.27. The Morgan fingerprint density at radius 1 is 1.20 bits per heavy atom. The van der Waals surface area contributed by atoms with Gasteiger partial charge in [-0.3, -0.25) is 9.59 Å². The molecule has 1 aliphatic heterocycles. The van der Waals surface area contributed by atoms with Crippen LogP contribution in [0.1, 0.15) is 56.9 Å². The maximum Gasteiger partial charge on any atom is 0.253 e. The fourth-order valence-corrected chi connectivity index (χ4v) is 3.85. The topological polar surface area (TPSA) is 58.5 Å². The van der Waals surface area contributed by atoms with Gasteiger partial charge in [0, 0.05) is 13.0 Å². The van der Waals surface area contributed by atoms with Gasteiger partial charge in [0.15, 0.2) is 0 Å². The highest BCUT2D eigenvalue weighted by molar-refractivity contribution is 5.86. The number of hydrogen-bond acceptors (Lipinski definition) is 2. The maximum atomic E-state index is 12.2. The molecule has 4 nitrogen and oxygen atoms in total. The van der Waals surface area contributed by atoms with E-state index in [2.05, 4.69) is 10.3 Å². The number of rotatable bonds is 6. The van der Waals surface area contributed by atoms with Gasteiger partial charge in [0.05, 0.1) is 11.3 Å². The monoisotopic (exact) mass is 340 g/mol. The smallest absolute Gasteiger partial charge is 0.253 e. The van der Waals surface area contributed by atoms with Crippen molar-refractivity contribution in [3.05, 3.63) is 34.3 Å². The number of fused-ring (bicyclic) bond motifs is 1. The molecule has 0 aromatic heterocycles. The number of nitrogens with one attached hydrogen (secondary N) is 1. The van der Waals surface area contributed by atoms with Crippen LogP contribution < -0.4 is 15.9 Å². The molecule has 1 atom stereocenters. The van der Waals surface area contributed by atoms with Crippen molar-refractivity contribution < 1.29 is 9.59 Å². The van der Waals surface area contributed by atoms with E-state index in [1.807, 2.05) is 31.2 Å². The first kappa shape index (κ1) is 17.8. The summed E-state index contributed by atoms with van der Waals surface area (Å²) >= 11 is 0. The molecule has 1 fully saturated rings. The lowest BCUT2D eigenvalue weighted by Gasteiger charge is -2.21. The first-order valence-corrected chi connectivity index (χ1v) is 9.59. The van der Waals surface area contributed by atoms with Crippen LogP contribution in [0.4, 0.5) is 0 Å². The summed E-state index contributed by atoms with van der Waals surface area (Å²) in [6.45, 7) is 2.53. The Labute approximate surface area is 149 Å². The Hall–Kier alpha value is -1.97. The van der Waals surface area contributed by atoms with E-state index in [1.54, 1.807) is 0 Å². The molecule has 4 heteroatoms. The van der Waals surface area contributed by atoms with Crippen molar-refractivity contribution in [1.82, 2.24) is 5.32 Å². The normalized spacial score (nSPS) is 20.4. The van der Waals surface area contributed by atoms with Gasteiger partial charge in [-0.1, -0.05) is 50.3 Å². The van der Waals surface area contributed by atoms with Gasteiger partial charge in [-0.05, 0) is 42.5 Å². The molecule has 1 unspecified atom stereocenters. The minimum atomic E-state index is -0.228. The van der Waals surface area contributed by atoms with Crippen LogP contribution in [0.25, 0.3) is 6.08 Å². The van der Waals surface area contributed by atoms with Gasteiger partial charge < -0.3 is 5.32 Å². The molecule has 25 heavy (non-hydrogen) atoms. The molecular formula is C21H28N2O2. The molecule has 0 spiro atoms. The molecule has 2 aliphatic rings. The molecule has 1 aromatic rings. The summed E-state index contributed by atoms with van der Waals surface area (Å²) < 4.78 is 0. The largest absolute Gasteiger partial charge is 0.356 e. The number of carbonyl (C=O) groups excluding carboxylic acids is 2. The molecule has 1 aliphatic carbocycles. The summed E-state index contributed by atoms with van der Waals surface area (Å²) in [6, 6.07) is 5.98. The van der Waals surface area contributed by atoms with Crippen molar-refractivity contribution in [3.8, 4) is 0 Å². The lowest BCUT2D eigenvalue weighted by Crippen LogP contribution is -2.35. The number of benzene rings is 1. The second-order valence-corrected chi connectivity index (χ2v) is 7.47. The molecule has 0 radical (unpaired) electrons. The SMILES string of the molecule is Cc1ccc2c(c1)=NC(=O)C(CCNC(=O)CCC1CCCCC1)C=2. The highest BCUT2D eigenvalue weighted by atomic mass is 16.2. The van der Waals surface area contributed by atoms with Crippen molar-refractivity contribution in [2.45, 2.75) is 58.3 Å². The number of nitrogens with zero attached hydrogens (tertiary/aromatic N) is 1. The van der Waals surface area contributed by atoms with Gasteiger partial charge in [0.2, 0.25) is 5.91 Å². The van der Waals surface area contributed by atoms with Gasteiger partial charge in [0.1, 0.15) is 0 Å². The van der Waals surface area contributed by atoms with Crippen molar-refractivity contribution in [3.63, 3.8) is 0 Å². The van der Waals surface area contributed by atoms with E-state index in [4.69, 9.17) is 0 Å². The van der Waals surface area contributed by atoms with Gasteiger partial charge >= 0.3 is 0 Å². The van der Waals surface area contributed by atoms with Crippen molar-refractivity contribution in [2.24, 2.45) is 16.8 Å². The van der Waals surface area contributed by atoms with Crippen LogP contribution in [0, 0.1) is 18.8 Å². The highest BCUT2D eigenvalue weighted by Gasteiger charge is 2.19. The molecule has 1 saturated carbocycles. The summed E-state index contributed by atoms with van der Waals surface area (Å²) in [5, 5.41) is 4.74. The van der Waals surface area contributed by atoms with Gasteiger partial charge in [-0.15, -0.1) is 0 Å². The summed E-state index contributed by atoms with van der Waals surface area (Å²) in [4.78, 5) is 28.4. The van der Waals surface area contributed by atoms with Crippen molar-refractivity contribution >= 4 is 17.9 Å². The third kappa shape index (κ3) is 5.00. The molecule has 0 saturated heterocycles. The number of carbonyl (C=O) groups is 2. The first-order chi connectivity index (χ1) is 12.1. The molecule has 0 bridgehead atoms. The van der Waals surface area contributed by atoms with E-state index in [0.717, 1.165) is 28.5 Å². The zero-order valence-electron chi connectivity index (χ0n) is 15.1. The summed E-state index contributed by atoms with van der Waals surface area (Å²) in [6.07, 6.45) is 10.7. The molecule has 1 N–H and O–H groups in total. The van der Waals surface area contributed by atoms with Crippen LogP contribution in [0.3, 0.4) is 0 Å². The van der Waals surface area contributed by atoms with Crippen LogP contribution >= 0.6 is 0 Å². The molecule has 134 valence electrons. The van der Waals surface area contributed by atoms with E-state index < -0.39 is 0 Å². The lowest BCUT2D eigenvalue weighted by molar-refractivity contribution is -0.123. The van der Waals surface area contributed by atoms with Gasteiger partial charge in [-0.2, -0.15) is 0 Å². The molecule has 1 aromatic carbocycles. The van der Waals surface area contributed by atoms with Crippen LogP contribution in [0.5, 0.6) is 0 Å². The number of aryl methyl sites for hydroxylation is 1. The Bertz CT molecular complexity index is 748. The predicted octanol–water partition coefficient (Wildman–Crippen LogP) is 2.42. The maximum absolute atomic E-state index is 12.2. The second kappa shape index (κ2) is 8.41. The van der Waals surface area contributed by atoms with E-state index in [-0.39, 0.29) is 17.7 Å². The summed E-state index contributed by atoms with van der Waals surface area (Å²) in [7, 11) is 0. The van der Waals surface area contributed by atoms with E-state index in [1.165, 1.54) is 32.1 Å². The molecule has 3 rings (SSSR count). The quantitative estimate of drug-likeness (QED) is 0.864. The predicted molar refractivity (Wildman–Crippen MR) is 98.4 cm³/mol. The fraction of sp³-hybridized carbons (Fsp3) is 0.571. The first-order valence-electron chi connectivity index (χ1n) is 9.59. The summed E-state index contributed by atoms with van der Waals surface area (Å²) in [5.74, 6) is 0.511. The summed E-state index contributed by atoms with van der Waals surface area (Å²) in [5.41, 5.74) is 1.10. The minimum Gasteiger partial charge on any atom is -0.356 e. The van der Waals surface area contributed by atoms with E-state index in [0.29, 0.717) is 19.4 Å². The Kier molecular flexibility index (Phi) is 6.00.